The maximum atomic E-state index is 13.5. The number of amides is 2. The number of nitro groups is 1. The molecular formula is C18H13F4N3O5. The van der Waals surface area contributed by atoms with Crippen LogP contribution in [0.5, 0.6) is 5.75 Å². The molecule has 12 heteroatoms. The van der Waals surface area contributed by atoms with Gasteiger partial charge in [0.1, 0.15) is 5.75 Å². The summed E-state index contributed by atoms with van der Waals surface area (Å²) >= 11 is 0. The van der Waals surface area contributed by atoms with Gasteiger partial charge in [-0.1, -0.05) is 6.07 Å². The number of ether oxygens (including phenoxy) is 1. The molecule has 1 unspecified atom stereocenters. The van der Waals surface area contributed by atoms with Gasteiger partial charge in [-0.05, 0) is 24.3 Å². The quantitative estimate of drug-likeness (QED) is 0.446. The Morgan fingerprint density at radius 1 is 1.23 bits per heavy atom. The van der Waals surface area contributed by atoms with Crippen LogP contribution in [0.25, 0.3) is 0 Å². The lowest BCUT2D eigenvalue weighted by atomic mass is 10.1. The van der Waals surface area contributed by atoms with Crippen molar-refractivity contribution in [3.8, 4) is 5.75 Å². The van der Waals surface area contributed by atoms with Crippen LogP contribution in [0.15, 0.2) is 42.5 Å². The van der Waals surface area contributed by atoms with E-state index in [1.165, 1.54) is 18.2 Å². The predicted octanol–water partition coefficient (Wildman–Crippen LogP) is 3.62. The van der Waals surface area contributed by atoms with Gasteiger partial charge >= 0.3 is 12.0 Å². The highest BCUT2D eigenvalue weighted by Gasteiger charge is 2.36. The standard InChI is InChI=1S/C18H13F4N3O5/c19-14-5-4-12(8-15(14)25(28)29)24-9-10(6-16(24)26)17(27)23-11-2-1-3-13(7-11)30-18(20,21)22/h1-5,7-8,10H,6,9H2,(H,23,27). The Morgan fingerprint density at radius 3 is 2.63 bits per heavy atom. The summed E-state index contributed by atoms with van der Waals surface area (Å²) < 4.78 is 54.2. The van der Waals surface area contributed by atoms with E-state index in [0.717, 1.165) is 29.2 Å². The molecule has 1 saturated heterocycles. The highest BCUT2D eigenvalue weighted by molar-refractivity contribution is 6.03. The molecule has 0 saturated carbocycles. The van der Waals surface area contributed by atoms with E-state index >= 15 is 0 Å². The first-order valence-corrected chi connectivity index (χ1v) is 8.44. The smallest absolute Gasteiger partial charge is 0.406 e. The van der Waals surface area contributed by atoms with Gasteiger partial charge in [-0.3, -0.25) is 19.7 Å². The van der Waals surface area contributed by atoms with Crippen LogP contribution < -0.4 is 15.0 Å². The van der Waals surface area contributed by atoms with Gasteiger partial charge in [0.15, 0.2) is 0 Å². The SMILES string of the molecule is O=C(Nc1cccc(OC(F)(F)F)c1)C1CC(=O)N(c2ccc(F)c([N+](=O)[O-])c2)C1. The normalized spacial score (nSPS) is 16.5. The number of hydrogen-bond acceptors (Lipinski definition) is 5. The number of alkyl halides is 3. The van der Waals surface area contributed by atoms with Gasteiger partial charge in [0.25, 0.3) is 0 Å². The van der Waals surface area contributed by atoms with E-state index in [4.69, 9.17) is 0 Å². The number of hydrogen-bond donors (Lipinski definition) is 1. The van der Waals surface area contributed by atoms with E-state index in [2.05, 4.69) is 10.1 Å². The fourth-order valence-electron chi connectivity index (χ4n) is 2.96. The number of halogens is 4. The maximum Gasteiger partial charge on any atom is 0.573 e. The fourth-order valence-corrected chi connectivity index (χ4v) is 2.96. The summed E-state index contributed by atoms with van der Waals surface area (Å²) in [7, 11) is 0. The van der Waals surface area contributed by atoms with Gasteiger partial charge < -0.3 is 15.0 Å². The first-order valence-electron chi connectivity index (χ1n) is 8.44. The minimum absolute atomic E-state index is 0.0325. The Hall–Kier alpha value is -3.70. The second-order valence-corrected chi connectivity index (χ2v) is 6.36. The van der Waals surface area contributed by atoms with Gasteiger partial charge in [-0.15, -0.1) is 13.2 Å². The molecule has 0 radical (unpaired) electrons. The molecular weight excluding hydrogens is 414 g/mol. The van der Waals surface area contributed by atoms with Crippen LogP contribution in [0.3, 0.4) is 0 Å². The number of rotatable bonds is 5. The molecule has 0 spiro atoms. The maximum absolute atomic E-state index is 13.5. The van der Waals surface area contributed by atoms with E-state index in [9.17, 15) is 37.3 Å². The molecule has 158 valence electrons. The topological polar surface area (TPSA) is 102 Å². The van der Waals surface area contributed by atoms with E-state index in [1.54, 1.807) is 0 Å². The molecule has 1 N–H and O–H groups in total. The molecule has 0 aromatic heterocycles. The third kappa shape index (κ3) is 4.82. The third-order valence-corrected chi connectivity index (χ3v) is 4.27. The third-order valence-electron chi connectivity index (χ3n) is 4.27. The summed E-state index contributed by atoms with van der Waals surface area (Å²) in [6, 6.07) is 7.55. The molecule has 8 nitrogen and oxygen atoms in total. The zero-order valence-electron chi connectivity index (χ0n) is 15.0. The van der Waals surface area contributed by atoms with Crippen molar-refractivity contribution in [2.45, 2.75) is 12.8 Å². The molecule has 1 fully saturated rings. The fraction of sp³-hybridized carbons (Fsp3) is 0.222. The van der Waals surface area contributed by atoms with E-state index in [1.807, 2.05) is 0 Å². The lowest BCUT2D eigenvalue weighted by Gasteiger charge is -2.17. The number of benzene rings is 2. The summed E-state index contributed by atoms with van der Waals surface area (Å²) in [5, 5.41) is 13.3. The minimum atomic E-state index is -4.89. The zero-order valence-corrected chi connectivity index (χ0v) is 15.0. The highest BCUT2D eigenvalue weighted by Crippen LogP contribution is 2.31. The van der Waals surface area contributed by atoms with Crippen LogP contribution in [0.2, 0.25) is 0 Å². The molecule has 0 aliphatic carbocycles. The number of nitro benzene ring substituents is 1. The Balaban J connectivity index is 1.71. The Kier molecular flexibility index (Phi) is 5.58. The lowest BCUT2D eigenvalue weighted by Crippen LogP contribution is -2.28. The molecule has 2 amide bonds. The van der Waals surface area contributed by atoms with Crippen molar-refractivity contribution in [1.82, 2.24) is 0 Å². The van der Waals surface area contributed by atoms with E-state index in [-0.39, 0.29) is 24.3 Å². The highest BCUT2D eigenvalue weighted by atomic mass is 19.4. The Bertz CT molecular complexity index is 1010. The molecule has 1 aliphatic heterocycles. The monoisotopic (exact) mass is 427 g/mol. The van der Waals surface area contributed by atoms with Crippen molar-refractivity contribution in [3.63, 3.8) is 0 Å². The van der Waals surface area contributed by atoms with Gasteiger partial charge in [-0.25, -0.2) is 0 Å². The lowest BCUT2D eigenvalue weighted by molar-refractivity contribution is -0.387. The van der Waals surface area contributed by atoms with Crippen LogP contribution >= 0.6 is 0 Å². The zero-order chi connectivity index (χ0) is 22.1. The van der Waals surface area contributed by atoms with Crippen molar-refractivity contribution in [3.05, 3.63) is 58.4 Å². The molecule has 2 aromatic rings. The summed E-state index contributed by atoms with van der Waals surface area (Å²) in [4.78, 5) is 35.8. The molecule has 3 rings (SSSR count). The van der Waals surface area contributed by atoms with E-state index < -0.39 is 46.3 Å². The number of nitrogens with zero attached hydrogens (tertiary/aromatic N) is 2. The first kappa shape index (κ1) is 21.0. The molecule has 30 heavy (non-hydrogen) atoms. The van der Waals surface area contributed by atoms with Crippen molar-refractivity contribution in [1.29, 1.82) is 0 Å². The summed E-state index contributed by atoms with van der Waals surface area (Å²) in [5.41, 5.74) is -0.719. The second-order valence-electron chi connectivity index (χ2n) is 6.36. The van der Waals surface area contributed by atoms with Crippen LogP contribution in [-0.4, -0.2) is 29.6 Å². The van der Waals surface area contributed by atoms with Crippen LogP contribution in [-0.2, 0) is 9.59 Å². The molecule has 1 atom stereocenters. The number of carbonyl (C=O) groups excluding carboxylic acids is 2. The van der Waals surface area contributed by atoms with Crippen molar-refractivity contribution < 1.29 is 36.8 Å². The largest absolute Gasteiger partial charge is 0.573 e. The van der Waals surface area contributed by atoms with Crippen molar-refractivity contribution >= 4 is 28.9 Å². The molecule has 1 aliphatic rings. The van der Waals surface area contributed by atoms with Gasteiger partial charge in [0, 0.05) is 30.8 Å². The number of anilines is 2. The Morgan fingerprint density at radius 2 is 1.97 bits per heavy atom. The van der Waals surface area contributed by atoms with Crippen LogP contribution in [0, 0.1) is 21.8 Å². The van der Waals surface area contributed by atoms with E-state index in [0.29, 0.717) is 0 Å². The summed E-state index contributed by atoms with van der Waals surface area (Å²) in [5.74, 6) is -3.60. The average molecular weight is 427 g/mol. The second kappa shape index (κ2) is 7.97. The van der Waals surface area contributed by atoms with Crippen molar-refractivity contribution in [2.75, 3.05) is 16.8 Å². The average Bonchev–Trinajstić information content (AvgIpc) is 3.02. The van der Waals surface area contributed by atoms with Crippen LogP contribution in [0.1, 0.15) is 6.42 Å². The Labute approximate surface area is 166 Å². The first-order chi connectivity index (χ1) is 14.0. The van der Waals surface area contributed by atoms with Gasteiger partial charge in [-0.2, -0.15) is 4.39 Å². The number of nitrogens with one attached hydrogen (secondary N) is 1. The summed E-state index contributed by atoms with van der Waals surface area (Å²) in [6.45, 7) is -0.133. The van der Waals surface area contributed by atoms with Gasteiger partial charge in [0.2, 0.25) is 17.6 Å². The number of carbonyl (C=O) groups is 2. The molecule has 1 heterocycles. The van der Waals surface area contributed by atoms with Gasteiger partial charge in [0.05, 0.1) is 16.5 Å². The molecule has 2 aromatic carbocycles. The minimum Gasteiger partial charge on any atom is -0.406 e. The predicted molar refractivity (Wildman–Crippen MR) is 95.3 cm³/mol. The summed E-state index contributed by atoms with van der Waals surface area (Å²) in [6.07, 6.45) is -5.12. The van der Waals surface area contributed by atoms with Crippen LogP contribution in [0.4, 0.5) is 34.6 Å². The van der Waals surface area contributed by atoms with Crippen molar-refractivity contribution in [2.24, 2.45) is 5.92 Å². The molecule has 0 bridgehead atoms.